The smallest absolute Gasteiger partial charge is 0.331 e. The van der Waals surface area contributed by atoms with Gasteiger partial charge in [0, 0.05) is 19.2 Å². The summed E-state index contributed by atoms with van der Waals surface area (Å²) < 4.78 is 21.2. The molecule has 1 aromatic rings. The van der Waals surface area contributed by atoms with E-state index in [-0.39, 0.29) is 18.6 Å². The highest BCUT2D eigenvalue weighted by Gasteiger charge is 2.16. The molecule has 1 amide bonds. The van der Waals surface area contributed by atoms with Crippen LogP contribution in [0.15, 0.2) is 24.3 Å². The fraction of sp³-hybridized carbons (Fsp3) is 0.444. The van der Waals surface area contributed by atoms with Crippen molar-refractivity contribution < 1.29 is 28.5 Å². The van der Waals surface area contributed by atoms with Crippen molar-refractivity contribution in [3.8, 4) is 11.5 Å². The van der Waals surface area contributed by atoms with E-state index in [0.717, 1.165) is 25.0 Å². The molecule has 3 rings (SSSR count). The quantitative estimate of drug-likeness (QED) is 0.617. The Morgan fingerprint density at radius 2 is 2.04 bits per heavy atom. The van der Waals surface area contributed by atoms with Crippen molar-refractivity contribution in [3.05, 3.63) is 29.8 Å². The molecule has 2 aliphatic heterocycles. The maximum Gasteiger partial charge on any atom is 0.331 e. The predicted octanol–water partition coefficient (Wildman–Crippen LogP) is 1.31. The molecule has 1 fully saturated rings. The highest BCUT2D eigenvalue weighted by molar-refractivity contribution is 5.89. The molecule has 7 nitrogen and oxygen atoms in total. The zero-order valence-corrected chi connectivity index (χ0v) is 13.9. The number of esters is 1. The minimum absolute atomic E-state index is 0.0646. The minimum atomic E-state index is -0.581. The molecule has 1 aromatic carbocycles. The number of ether oxygens (including phenoxy) is 4. The van der Waals surface area contributed by atoms with Gasteiger partial charge in [0.25, 0.3) is 5.91 Å². The van der Waals surface area contributed by atoms with Crippen LogP contribution < -0.4 is 14.8 Å². The monoisotopic (exact) mass is 347 g/mol. The zero-order chi connectivity index (χ0) is 17.5. The summed E-state index contributed by atoms with van der Waals surface area (Å²) in [6.45, 7) is 1.91. The number of fused-ring (bicyclic) bond motifs is 1. The Balaban J connectivity index is 1.41. The van der Waals surface area contributed by atoms with E-state index in [2.05, 4.69) is 5.32 Å². The first-order valence-electron chi connectivity index (χ1n) is 8.33. The Labute approximate surface area is 145 Å². The third kappa shape index (κ3) is 5.22. The van der Waals surface area contributed by atoms with Crippen LogP contribution in [-0.4, -0.2) is 51.0 Å². The molecule has 0 bridgehead atoms. The predicted molar refractivity (Wildman–Crippen MR) is 89.4 cm³/mol. The van der Waals surface area contributed by atoms with Crippen molar-refractivity contribution in [1.82, 2.24) is 5.32 Å². The van der Waals surface area contributed by atoms with Gasteiger partial charge >= 0.3 is 5.97 Å². The standard InChI is InChI=1S/C18H21NO6/c20-17(19-11-14-2-1-7-22-14)12-25-18(21)6-4-13-3-5-15-16(10-13)24-9-8-23-15/h3-6,10,14H,1-2,7-9,11-12H2,(H,19,20)/b6-4+/t14-/m0/s1. The number of carbonyl (C=O) groups excluding carboxylic acids is 2. The van der Waals surface area contributed by atoms with Crippen LogP contribution in [0.25, 0.3) is 6.08 Å². The van der Waals surface area contributed by atoms with Gasteiger partial charge in [-0.05, 0) is 36.6 Å². The number of hydrogen-bond acceptors (Lipinski definition) is 6. The Hall–Kier alpha value is -2.54. The Bertz CT molecular complexity index is 651. The van der Waals surface area contributed by atoms with Crippen LogP contribution in [0.3, 0.4) is 0 Å². The molecule has 1 saturated heterocycles. The van der Waals surface area contributed by atoms with Gasteiger partial charge in [0.2, 0.25) is 0 Å². The van der Waals surface area contributed by atoms with Gasteiger partial charge in [-0.2, -0.15) is 0 Å². The largest absolute Gasteiger partial charge is 0.486 e. The number of carbonyl (C=O) groups is 2. The third-order valence-electron chi connectivity index (χ3n) is 3.87. The average Bonchev–Trinajstić information content (AvgIpc) is 3.16. The number of rotatable bonds is 6. The first kappa shape index (κ1) is 17.3. The molecule has 1 atom stereocenters. The fourth-order valence-corrected chi connectivity index (χ4v) is 2.60. The molecular formula is C18H21NO6. The Morgan fingerprint density at radius 3 is 2.84 bits per heavy atom. The van der Waals surface area contributed by atoms with E-state index in [9.17, 15) is 9.59 Å². The van der Waals surface area contributed by atoms with E-state index in [0.29, 0.717) is 31.3 Å². The van der Waals surface area contributed by atoms with Crippen molar-refractivity contribution in [3.63, 3.8) is 0 Å². The lowest BCUT2D eigenvalue weighted by atomic mass is 10.2. The maximum absolute atomic E-state index is 11.7. The van der Waals surface area contributed by atoms with Crippen molar-refractivity contribution in [2.24, 2.45) is 0 Å². The summed E-state index contributed by atoms with van der Waals surface area (Å²) in [5.41, 5.74) is 0.782. The number of benzene rings is 1. The van der Waals surface area contributed by atoms with E-state index in [1.165, 1.54) is 6.08 Å². The SMILES string of the molecule is O=C(COC(=O)/C=C/c1ccc2c(c1)OCCO2)NC[C@@H]1CCCO1. The first-order chi connectivity index (χ1) is 12.2. The van der Waals surface area contributed by atoms with Crippen LogP contribution in [0.2, 0.25) is 0 Å². The van der Waals surface area contributed by atoms with Crippen LogP contribution in [-0.2, 0) is 19.1 Å². The minimum Gasteiger partial charge on any atom is -0.486 e. The van der Waals surface area contributed by atoms with E-state index < -0.39 is 5.97 Å². The molecule has 7 heteroatoms. The summed E-state index contributed by atoms with van der Waals surface area (Å²) in [5, 5.41) is 2.69. The van der Waals surface area contributed by atoms with Crippen molar-refractivity contribution in [1.29, 1.82) is 0 Å². The fourth-order valence-electron chi connectivity index (χ4n) is 2.60. The van der Waals surface area contributed by atoms with E-state index in [1.54, 1.807) is 18.2 Å². The van der Waals surface area contributed by atoms with Crippen molar-refractivity contribution in [2.45, 2.75) is 18.9 Å². The van der Waals surface area contributed by atoms with Crippen LogP contribution in [0, 0.1) is 0 Å². The van der Waals surface area contributed by atoms with Crippen LogP contribution >= 0.6 is 0 Å². The number of hydrogen-bond donors (Lipinski definition) is 1. The highest BCUT2D eigenvalue weighted by Crippen LogP contribution is 2.31. The molecular weight excluding hydrogens is 326 g/mol. The average molecular weight is 347 g/mol. The second-order valence-electron chi connectivity index (χ2n) is 5.78. The maximum atomic E-state index is 11.7. The van der Waals surface area contributed by atoms with E-state index in [1.807, 2.05) is 6.07 Å². The Morgan fingerprint density at radius 1 is 1.20 bits per heavy atom. The number of nitrogens with one attached hydrogen (secondary N) is 1. The second-order valence-corrected chi connectivity index (χ2v) is 5.78. The van der Waals surface area contributed by atoms with Crippen LogP contribution in [0.4, 0.5) is 0 Å². The molecule has 0 aromatic heterocycles. The van der Waals surface area contributed by atoms with Gasteiger partial charge in [0.1, 0.15) is 13.2 Å². The van der Waals surface area contributed by atoms with E-state index in [4.69, 9.17) is 18.9 Å². The Kier molecular flexibility index (Phi) is 5.90. The lowest BCUT2D eigenvalue weighted by molar-refractivity contribution is -0.143. The van der Waals surface area contributed by atoms with E-state index >= 15 is 0 Å². The summed E-state index contributed by atoms with van der Waals surface area (Å²) in [5.74, 6) is 0.419. The molecule has 0 aliphatic carbocycles. The molecule has 0 unspecified atom stereocenters. The molecule has 25 heavy (non-hydrogen) atoms. The molecule has 0 saturated carbocycles. The van der Waals surface area contributed by atoms with Gasteiger partial charge < -0.3 is 24.3 Å². The van der Waals surface area contributed by atoms with Gasteiger partial charge in [-0.1, -0.05) is 6.07 Å². The summed E-state index contributed by atoms with van der Waals surface area (Å²) in [7, 11) is 0. The van der Waals surface area contributed by atoms with Gasteiger partial charge in [0.05, 0.1) is 6.10 Å². The summed E-state index contributed by atoms with van der Waals surface area (Å²) >= 11 is 0. The lowest BCUT2D eigenvalue weighted by Gasteiger charge is -2.18. The van der Waals surface area contributed by atoms with Crippen LogP contribution in [0.1, 0.15) is 18.4 Å². The summed E-state index contributed by atoms with van der Waals surface area (Å²) in [4.78, 5) is 23.3. The summed E-state index contributed by atoms with van der Waals surface area (Å²) in [6, 6.07) is 5.39. The zero-order valence-electron chi connectivity index (χ0n) is 13.9. The van der Waals surface area contributed by atoms with Gasteiger partial charge in [-0.3, -0.25) is 4.79 Å². The van der Waals surface area contributed by atoms with Crippen molar-refractivity contribution >= 4 is 18.0 Å². The van der Waals surface area contributed by atoms with Crippen molar-refractivity contribution in [2.75, 3.05) is 33.0 Å². The highest BCUT2D eigenvalue weighted by atomic mass is 16.6. The summed E-state index contributed by atoms with van der Waals surface area (Å²) in [6.07, 6.45) is 4.90. The molecule has 1 N–H and O–H groups in total. The van der Waals surface area contributed by atoms with Crippen LogP contribution in [0.5, 0.6) is 11.5 Å². The third-order valence-corrected chi connectivity index (χ3v) is 3.87. The second kappa shape index (κ2) is 8.53. The van der Waals surface area contributed by atoms with Gasteiger partial charge in [-0.15, -0.1) is 0 Å². The molecule has 0 radical (unpaired) electrons. The molecule has 2 heterocycles. The molecule has 2 aliphatic rings. The lowest BCUT2D eigenvalue weighted by Crippen LogP contribution is -2.34. The number of amides is 1. The first-order valence-corrected chi connectivity index (χ1v) is 8.33. The topological polar surface area (TPSA) is 83.1 Å². The molecule has 0 spiro atoms. The molecule has 134 valence electrons. The van der Waals surface area contributed by atoms with Gasteiger partial charge in [-0.25, -0.2) is 4.79 Å². The van der Waals surface area contributed by atoms with Gasteiger partial charge in [0.15, 0.2) is 18.1 Å². The normalized spacial score (nSPS) is 19.0.